The van der Waals surface area contributed by atoms with Crippen molar-refractivity contribution in [1.29, 1.82) is 0 Å². The summed E-state index contributed by atoms with van der Waals surface area (Å²) in [6, 6.07) is 1.62. The zero-order valence-corrected chi connectivity index (χ0v) is 16.2. The zero-order chi connectivity index (χ0) is 14.8. The van der Waals surface area contributed by atoms with Crippen molar-refractivity contribution in [1.82, 2.24) is 4.72 Å². The molecule has 0 atom stereocenters. The van der Waals surface area contributed by atoms with Crippen LogP contribution in [0.15, 0.2) is 18.5 Å². The first-order valence-corrected chi connectivity index (χ1v) is 9.98. The highest BCUT2D eigenvalue weighted by molar-refractivity contribution is 9.12. The largest absolute Gasteiger partial charge is 0.242 e. The Morgan fingerprint density at radius 2 is 1.74 bits per heavy atom. The van der Waals surface area contributed by atoms with Crippen LogP contribution in [0, 0.1) is 17.8 Å². The molecule has 0 radical (unpaired) electrons. The van der Waals surface area contributed by atoms with Gasteiger partial charge in [0.25, 0.3) is 0 Å². The predicted octanol–water partition coefficient (Wildman–Crippen LogP) is 4.48. The Morgan fingerprint density at radius 3 is 2.11 bits per heavy atom. The lowest BCUT2D eigenvalue weighted by atomic mass is 9.86. The molecule has 7 heteroatoms. The summed E-state index contributed by atoms with van der Waals surface area (Å²) < 4.78 is 28.7. The van der Waals surface area contributed by atoms with Crippen molar-refractivity contribution in [3.8, 4) is 0 Å². The van der Waals surface area contributed by atoms with E-state index in [2.05, 4.69) is 64.3 Å². The third-order valence-electron chi connectivity index (χ3n) is 3.14. The molecule has 0 aliphatic heterocycles. The molecule has 1 heterocycles. The van der Waals surface area contributed by atoms with Crippen molar-refractivity contribution < 1.29 is 8.42 Å². The molecule has 0 fully saturated rings. The molecule has 0 saturated carbocycles. The SMILES string of the molecule is CC(C)C(CNS(=O)(=O)c1cc(Br)sc1Br)C(C)C. The third kappa shape index (κ3) is 4.81. The molecule has 1 aromatic rings. The first-order chi connectivity index (χ1) is 8.65. The number of thiophene rings is 1. The lowest BCUT2D eigenvalue weighted by Gasteiger charge is -2.24. The van der Waals surface area contributed by atoms with E-state index in [0.29, 0.717) is 33.0 Å². The van der Waals surface area contributed by atoms with E-state index in [4.69, 9.17) is 0 Å². The van der Waals surface area contributed by atoms with Crippen LogP contribution in [0.2, 0.25) is 0 Å². The fourth-order valence-corrected chi connectivity index (χ4v) is 6.92. The summed E-state index contributed by atoms with van der Waals surface area (Å²) in [5, 5.41) is 0. The lowest BCUT2D eigenvalue weighted by Crippen LogP contribution is -2.33. The maximum Gasteiger partial charge on any atom is 0.242 e. The van der Waals surface area contributed by atoms with E-state index in [1.165, 1.54) is 11.3 Å². The quantitative estimate of drug-likeness (QED) is 0.720. The van der Waals surface area contributed by atoms with Gasteiger partial charge < -0.3 is 0 Å². The Labute approximate surface area is 136 Å². The van der Waals surface area contributed by atoms with Gasteiger partial charge in [-0.3, -0.25) is 0 Å². The zero-order valence-electron chi connectivity index (χ0n) is 11.4. The monoisotopic (exact) mass is 431 g/mol. The second-order valence-electron chi connectivity index (χ2n) is 5.19. The number of hydrogen-bond acceptors (Lipinski definition) is 3. The van der Waals surface area contributed by atoms with E-state index in [1.807, 2.05) is 0 Å². The minimum absolute atomic E-state index is 0.302. The molecule has 1 aromatic heterocycles. The number of rotatable bonds is 6. The average Bonchev–Trinajstić information content (AvgIpc) is 2.57. The molecule has 0 spiro atoms. The van der Waals surface area contributed by atoms with E-state index < -0.39 is 10.0 Å². The second kappa shape index (κ2) is 7.02. The number of hydrogen-bond donors (Lipinski definition) is 1. The highest BCUT2D eigenvalue weighted by Gasteiger charge is 2.24. The van der Waals surface area contributed by atoms with Gasteiger partial charge in [0.15, 0.2) is 0 Å². The van der Waals surface area contributed by atoms with Crippen LogP contribution in [-0.2, 0) is 10.0 Å². The van der Waals surface area contributed by atoms with Crippen LogP contribution in [0.3, 0.4) is 0 Å². The topological polar surface area (TPSA) is 46.2 Å². The molecule has 110 valence electrons. The molecule has 0 aromatic carbocycles. The molecule has 3 nitrogen and oxygen atoms in total. The normalized spacial score (nSPS) is 12.9. The molecular weight excluding hydrogens is 414 g/mol. The molecule has 0 unspecified atom stereocenters. The van der Waals surface area contributed by atoms with E-state index in [1.54, 1.807) is 6.07 Å². The number of sulfonamides is 1. The maximum absolute atomic E-state index is 12.3. The fraction of sp³-hybridized carbons (Fsp3) is 0.667. The summed E-state index contributed by atoms with van der Waals surface area (Å²) >= 11 is 7.94. The van der Waals surface area contributed by atoms with Gasteiger partial charge in [0.1, 0.15) is 4.90 Å². The van der Waals surface area contributed by atoms with Crippen LogP contribution in [0.25, 0.3) is 0 Å². The van der Waals surface area contributed by atoms with Crippen molar-refractivity contribution in [2.24, 2.45) is 17.8 Å². The van der Waals surface area contributed by atoms with Gasteiger partial charge in [-0.25, -0.2) is 13.1 Å². The summed E-state index contributed by atoms with van der Waals surface area (Å²) in [6.07, 6.45) is 0. The van der Waals surface area contributed by atoms with Crippen molar-refractivity contribution in [3.63, 3.8) is 0 Å². The van der Waals surface area contributed by atoms with Crippen LogP contribution in [0.4, 0.5) is 0 Å². The first-order valence-electron chi connectivity index (χ1n) is 6.09. The van der Waals surface area contributed by atoms with E-state index in [9.17, 15) is 8.42 Å². The highest BCUT2D eigenvalue weighted by Crippen LogP contribution is 2.34. The molecule has 0 aliphatic carbocycles. The molecule has 19 heavy (non-hydrogen) atoms. The third-order valence-corrected chi connectivity index (χ3v) is 7.32. The van der Waals surface area contributed by atoms with E-state index in [0.717, 1.165) is 3.79 Å². The Hall–Kier alpha value is 0.570. The van der Waals surface area contributed by atoms with Gasteiger partial charge in [-0.1, -0.05) is 27.7 Å². The van der Waals surface area contributed by atoms with Crippen molar-refractivity contribution in [2.45, 2.75) is 32.6 Å². The number of halogens is 2. The first kappa shape index (κ1) is 17.6. The van der Waals surface area contributed by atoms with Gasteiger partial charge in [0, 0.05) is 6.54 Å². The molecular formula is C12H19Br2NO2S2. The molecule has 0 amide bonds. The van der Waals surface area contributed by atoms with Crippen LogP contribution >= 0.6 is 43.2 Å². The molecule has 0 aliphatic rings. The predicted molar refractivity (Wildman–Crippen MR) is 88.1 cm³/mol. The highest BCUT2D eigenvalue weighted by atomic mass is 79.9. The van der Waals surface area contributed by atoms with Gasteiger partial charge in [-0.2, -0.15) is 0 Å². The van der Waals surface area contributed by atoms with E-state index in [-0.39, 0.29) is 0 Å². The Balaban J connectivity index is 2.84. The Kier molecular flexibility index (Phi) is 6.51. The summed E-state index contributed by atoms with van der Waals surface area (Å²) in [4.78, 5) is 0.302. The van der Waals surface area contributed by atoms with Gasteiger partial charge in [-0.05, 0) is 55.7 Å². The van der Waals surface area contributed by atoms with Crippen LogP contribution in [0.1, 0.15) is 27.7 Å². The van der Waals surface area contributed by atoms with Crippen LogP contribution < -0.4 is 4.72 Å². The van der Waals surface area contributed by atoms with Crippen molar-refractivity contribution >= 4 is 53.2 Å². The maximum atomic E-state index is 12.3. The fourth-order valence-electron chi connectivity index (χ4n) is 2.03. The lowest BCUT2D eigenvalue weighted by molar-refractivity contribution is 0.289. The average molecular weight is 433 g/mol. The summed E-state index contributed by atoms with van der Waals surface area (Å²) in [5.41, 5.74) is 0. The smallest absolute Gasteiger partial charge is 0.211 e. The number of nitrogens with one attached hydrogen (secondary N) is 1. The molecule has 0 saturated heterocycles. The van der Waals surface area contributed by atoms with Gasteiger partial charge in [0.2, 0.25) is 10.0 Å². The van der Waals surface area contributed by atoms with Gasteiger partial charge in [0.05, 0.1) is 7.57 Å². The van der Waals surface area contributed by atoms with Crippen molar-refractivity contribution in [2.75, 3.05) is 6.54 Å². The standard InChI is InChI=1S/C12H19Br2NO2S2/c1-7(2)9(8(3)4)6-15-19(16,17)10-5-11(13)18-12(10)14/h5,7-9,15H,6H2,1-4H3. The summed E-state index contributed by atoms with van der Waals surface area (Å²) in [5.74, 6) is 1.22. The van der Waals surface area contributed by atoms with E-state index >= 15 is 0 Å². The summed E-state index contributed by atoms with van der Waals surface area (Å²) in [6.45, 7) is 8.95. The minimum atomic E-state index is -3.45. The minimum Gasteiger partial charge on any atom is -0.211 e. The van der Waals surface area contributed by atoms with Crippen LogP contribution in [0.5, 0.6) is 0 Å². The summed E-state index contributed by atoms with van der Waals surface area (Å²) in [7, 11) is -3.45. The van der Waals surface area contributed by atoms with Gasteiger partial charge in [-0.15, -0.1) is 11.3 Å². The molecule has 1 N–H and O–H groups in total. The van der Waals surface area contributed by atoms with Gasteiger partial charge >= 0.3 is 0 Å². The Bertz CT molecular complexity index is 516. The van der Waals surface area contributed by atoms with Crippen LogP contribution in [-0.4, -0.2) is 15.0 Å². The molecule has 0 bridgehead atoms. The second-order valence-corrected chi connectivity index (χ2v) is 10.7. The van der Waals surface area contributed by atoms with Crippen molar-refractivity contribution in [3.05, 3.63) is 13.6 Å². The molecule has 1 rings (SSSR count). The Morgan fingerprint density at radius 1 is 1.21 bits per heavy atom.